The van der Waals surface area contributed by atoms with Crippen molar-refractivity contribution in [2.45, 2.75) is 234 Å². The fraction of sp³-hybridized carbons (Fsp3) is 0.288. The van der Waals surface area contributed by atoms with Gasteiger partial charge in [-0.05, 0) is 161 Å². The van der Waals surface area contributed by atoms with Crippen molar-refractivity contribution < 1.29 is 27.0 Å². The number of nitrogens with zero attached hydrogens (tertiary/aromatic N) is 5. The third-order valence-electron chi connectivity index (χ3n) is 27.2. The summed E-state index contributed by atoms with van der Waals surface area (Å²) in [6.45, 7) is 51.9. The quantitative estimate of drug-likeness (QED) is 0.0376. The van der Waals surface area contributed by atoms with E-state index in [2.05, 4.69) is 475 Å². The van der Waals surface area contributed by atoms with Crippen molar-refractivity contribution in [2.24, 2.45) is 0 Å². The zero-order valence-corrected chi connectivity index (χ0v) is 91.6. The van der Waals surface area contributed by atoms with Crippen LogP contribution >= 0.6 is 61.4 Å². The van der Waals surface area contributed by atoms with E-state index in [1.807, 2.05) is 52.4 Å². The van der Waals surface area contributed by atoms with Crippen molar-refractivity contribution in [2.75, 3.05) is 14.7 Å². The summed E-state index contributed by atoms with van der Waals surface area (Å²) >= 11 is -0.0930. The van der Waals surface area contributed by atoms with E-state index >= 15 is 0 Å². The summed E-state index contributed by atoms with van der Waals surface area (Å²) in [4.78, 5) is 15.4. The van der Waals surface area contributed by atoms with Crippen molar-refractivity contribution in [3.8, 4) is 0 Å². The van der Waals surface area contributed by atoms with Crippen LogP contribution in [0.1, 0.15) is 233 Å². The molecule has 5 heterocycles. The number of fused-ring (bicyclic) bond motifs is 1. The normalized spacial score (nSPS) is 17.6. The van der Waals surface area contributed by atoms with Crippen LogP contribution in [0, 0.1) is 19.6 Å². The zero-order valence-electron chi connectivity index (χ0n) is 83.5. The molecule has 0 spiro atoms. The van der Waals surface area contributed by atoms with Gasteiger partial charge in [-0.15, -0.1) is 27.6 Å². The first-order valence-electron chi connectivity index (χ1n) is 48.9. The van der Waals surface area contributed by atoms with Gasteiger partial charge in [0.1, 0.15) is 0 Å². The minimum atomic E-state index is -1.88. The van der Waals surface area contributed by atoms with Gasteiger partial charge in [-0.1, -0.05) is 298 Å². The number of hydrogen-bond donors (Lipinski definition) is 0. The number of aryl methyl sites for hydroxylation is 6. The van der Waals surface area contributed by atoms with Gasteiger partial charge in [0.05, 0.1) is 0 Å². The molecule has 2 aromatic heterocycles. The number of allylic oxidation sites excluding steroid dienone is 1. The van der Waals surface area contributed by atoms with E-state index < -0.39 is 27.0 Å². The Bertz CT molecular complexity index is 5930. The minimum absolute atomic E-state index is 0.0800. The van der Waals surface area contributed by atoms with Gasteiger partial charge in [-0.3, -0.25) is 4.90 Å². The van der Waals surface area contributed by atoms with Gasteiger partial charge in [0.25, 0.3) is 0 Å². The number of para-hydroxylation sites is 3. The Morgan fingerprint density at radius 3 is 0.942 bits per heavy atom. The molecule has 0 amide bonds. The summed E-state index contributed by atoms with van der Waals surface area (Å²) in [6, 6.07) is 119. The molecule has 0 radical (unpaired) electrons. The van der Waals surface area contributed by atoms with Crippen LogP contribution in [0.25, 0.3) is 11.6 Å². The van der Waals surface area contributed by atoms with Crippen LogP contribution in [-0.2, 0) is 121 Å². The van der Waals surface area contributed by atoms with E-state index in [0.717, 1.165) is 107 Å². The summed E-state index contributed by atoms with van der Waals surface area (Å²) in [6.07, 6.45) is 13.9. The molecule has 724 valence electrons. The maximum atomic E-state index is 6.19. The zero-order chi connectivity index (χ0) is 98.0. The molecule has 0 N–H and O–H groups in total. The Kier molecular flexibility index (Phi) is 38.6. The predicted octanol–water partition coefficient (Wildman–Crippen LogP) is 34.0. The van der Waals surface area contributed by atoms with Crippen molar-refractivity contribution in [3.05, 3.63) is 487 Å². The summed E-state index contributed by atoms with van der Waals surface area (Å²) in [5.74, 6) is 0. The Hall–Kier alpha value is -9.01. The molecular formula is C125H140Cl4N5Ru2S2-3. The molecule has 1 aliphatic carbocycles. The molecule has 18 rings (SSSR count). The Labute approximate surface area is 862 Å². The number of thiophene rings is 2. The number of hydrogen-bond acceptors (Lipinski definition) is 7. The third kappa shape index (κ3) is 27.4. The van der Waals surface area contributed by atoms with E-state index in [0.29, 0.717) is 0 Å². The second-order valence-corrected chi connectivity index (χ2v) is 52.6. The molecule has 3 unspecified atom stereocenters. The first kappa shape index (κ1) is 106. The molecule has 0 bridgehead atoms. The molecule has 3 saturated heterocycles. The molecule has 13 heteroatoms. The summed E-state index contributed by atoms with van der Waals surface area (Å²) in [5.41, 5.74) is 30.4. The van der Waals surface area contributed by atoms with Crippen LogP contribution in [0.3, 0.4) is 0 Å². The van der Waals surface area contributed by atoms with Gasteiger partial charge in [-0.25, -0.2) is 19.6 Å². The number of anilines is 3. The first-order valence-corrected chi connectivity index (χ1v) is 61.5. The van der Waals surface area contributed by atoms with Crippen molar-refractivity contribution in [1.29, 1.82) is 0 Å². The van der Waals surface area contributed by atoms with Crippen LogP contribution in [-0.4, -0.2) is 35.1 Å². The molecule has 3 fully saturated rings. The fourth-order valence-corrected chi connectivity index (χ4v) is 26.6. The van der Waals surface area contributed by atoms with E-state index in [1.165, 1.54) is 127 Å². The first-order chi connectivity index (χ1) is 66.6. The Balaban J connectivity index is 0.000000140. The van der Waals surface area contributed by atoms with Crippen LogP contribution < -0.4 is 14.7 Å². The maximum absolute atomic E-state index is 6.19. The van der Waals surface area contributed by atoms with Gasteiger partial charge >= 0.3 is 287 Å². The number of benzene rings is 12. The number of rotatable bonds is 27. The third-order valence-corrected chi connectivity index (χ3v) is 33.9. The van der Waals surface area contributed by atoms with Gasteiger partial charge in [0.15, 0.2) is 0 Å². The summed E-state index contributed by atoms with van der Waals surface area (Å²) in [7, 11) is 24.6. The van der Waals surface area contributed by atoms with E-state index in [-0.39, 0.29) is 32.9 Å². The van der Waals surface area contributed by atoms with Gasteiger partial charge in [0.2, 0.25) is 0 Å². The molecule has 0 saturated carbocycles. The fourth-order valence-electron chi connectivity index (χ4n) is 20.8. The van der Waals surface area contributed by atoms with E-state index in [4.69, 9.17) is 38.8 Å². The van der Waals surface area contributed by atoms with E-state index in [9.17, 15) is 0 Å². The number of halogens is 4. The van der Waals surface area contributed by atoms with Crippen molar-refractivity contribution in [3.63, 3.8) is 0 Å². The van der Waals surface area contributed by atoms with Crippen LogP contribution in [0.2, 0.25) is 0 Å². The van der Waals surface area contributed by atoms with Gasteiger partial charge in [0, 0.05) is 58.2 Å². The molecule has 14 aromatic rings. The van der Waals surface area contributed by atoms with Crippen molar-refractivity contribution >= 4 is 98.9 Å². The van der Waals surface area contributed by atoms with Gasteiger partial charge < -0.3 is 14.7 Å². The summed E-state index contributed by atoms with van der Waals surface area (Å²) in [5, 5.41) is 4.28. The monoisotopic (exact) mass is 2120 g/mol. The van der Waals surface area contributed by atoms with E-state index in [1.54, 1.807) is 11.3 Å². The molecule has 12 aromatic carbocycles. The molecular weight excluding hydrogens is 1980 g/mol. The molecule has 3 aliphatic heterocycles. The SMILES string of the molecule is C=Cc1ccccc1CN(Cc1ccccc1)Cc1cccs1.CCc1cccc(CC)c1N1[CH-]C(C)(c2ccccc2)CC1(C)C.CCc1cccc(CC)c1N1[CH-]C(C)(c2ccccc2)CC1(C)C.CCc1cccc(CC)c1N1[CH-]C(C)(c2ccccc2)CC1(C)C.[Cl][Ru]([Cl])=[CH]c1ccccc1CN(Cc1ccccc1)Cc1cccs1.[Cl][Ru]([Cl])=[C]1C=C(c2ccccc2)c2ccccc21. The van der Waals surface area contributed by atoms with Crippen molar-refractivity contribution in [1.82, 2.24) is 9.80 Å². The second-order valence-electron chi connectivity index (χ2n) is 39.0. The predicted molar refractivity (Wildman–Crippen MR) is 596 cm³/mol. The standard InChI is InChI=1S/3C23H30N.C21H21NS.C20H19NS.C15H10.4ClH.2Ru/c3*1-6-18-12-11-13-19(7-2)21(18)24-17-23(5,16-22(24,3)4)20-14-9-8-10-15-20;1-2-19-11-6-7-12-20(19)16-22(17-21-13-8-14-23-21)15-18-9-4-3-5-10-18;1-17-8-5-6-11-19(17)15-21(16-20-12-7-13-22-20)14-18-9-3-2-4-10-18;1-2-6-12(7-3-1)15-11-10-13-8-4-5-9-14(13)15;;;;;;/h3*8-15,17H,6-7,16H2,1-5H3;2-14H,1,15-17H2;1-13H,14-16H2;1-9,11H;4*1H;;/q3*-1;;;;;;;;2*+2/p-4. The molecule has 3 atom stereocenters. The van der Waals surface area contributed by atoms with Crippen LogP contribution in [0.4, 0.5) is 17.1 Å². The van der Waals surface area contributed by atoms with Crippen LogP contribution in [0.5, 0.6) is 0 Å². The van der Waals surface area contributed by atoms with Gasteiger partial charge in [-0.2, -0.15) is 0 Å². The average molecular weight is 2120 g/mol. The average Bonchev–Trinajstić information content (AvgIpc) is 1.60. The molecule has 138 heavy (non-hydrogen) atoms. The molecule has 5 nitrogen and oxygen atoms in total. The van der Waals surface area contributed by atoms with Crippen LogP contribution in [0.15, 0.2) is 357 Å². The summed E-state index contributed by atoms with van der Waals surface area (Å²) < 4.78 is 3.16. The Morgan fingerprint density at radius 1 is 0.326 bits per heavy atom. The Morgan fingerprint density at radius 2 is 0.623 bits per heavy atom. The topological polar surface area (TPSA) is 16.2 Å². The molecule has 4 aliphatic rings. The second kappa shape index (κ2) is 50.1.